The van der Waals surface area contributed by atoms with Crippen molar-refractivity contribution < 1.29 is 4.79 Å². The number of piperidine rings is 1. The van der Waals surface area contributed by atoms with E-state index in [9.17, 15) is 4.79 Å². The third-order valence-electron chi connectivity index (χ3n) is 5.09. The Balaban J connectivity index is 1.33. The minimum atomic E-state index is -0.00261. The average molecular weight is 383 g/mol. The van der Waals surface area contributed by atoms with Gasteiger partial charge in [0.15, 0.2) is 0 Å². The second kappa shape index (κ2) is 8.01. The van der Waals surface area contributed by atoms with Gasteiger partial charge in [-0.1, -0.05) is 35.9 Å². The molecule has 27 heavy (non-hydrogen) atoms. The third-order valence-corrected chi connectivity index (χ3v) is 5.35. The molecule has 0 spiro atoms. The molecule has 1 aliphatic rings. The number of nitrogens with one attached hydrogen (secondary N) is 2. The van der Waals surface area contributed by atoms with Crippen molar-refractivity contribution in [2.75, 3.05) is 24.5 Å². The Morgan fingerprint density at radius 1 is 1.22 bits per heavy atom. The van der Waals surface area contributed by atoms with Crippen LogP contribution >= 0.6 is 11.6 Å². The molecule has 6 heteroatoms. The van der Waals surface area contributed by atoms with Crippen molar-refractivity contribution in [3.05, 3.63) is 59.1 Å². The van der Waals surface area contributed by atoms with Gasteiger partial charge in [0, 0.05) is 24.7 Å². The van der Waals surface area contributed by atoms with Crippen LogP contribution in [0.25, 0.3) is 11.0 Å². The summed E-state index contributed by atoms with van der Waals surface area (Å²) in [5, 5.41) is 3.82. The molecule has 0 radical (unpaired) electrons. The summed E-state index contributed by atoms with van der Waals surface area (Å²) in [5.74, 6) is 0.983. The summed E-state index contributed by atoms with van der Waals surface area (Å²) in [6, 6.07) is 15.8. The van der Waals surface area contributed by atoms with Crippen LogP contribution in [0.4, 0.5) is 5.95 Å². The lowest BCUT2D eigenvalue weighted by atomic mass is 9.97. The summed E-state index contributed by atoms with van der Waals surface area (Å²) in [7, 11) is 0. The number of rotatable bonds is 5. The van der Waals surface area contributed by atoms with Crippen molar-refractivity contribution in [2.45, 2.75) is 19.3 Å². The number of aromatic nitrogens is 2. The van der Waals surface area contributed by atoms with E-state index >= 15 is 0 Å². The number of nitrogens with zero attached hydrogens (tertiary/aromatic N) is 2. The Morgan fingerprint density at radius 3 is 2.85 bits per heavy atom. The fourth-order valence-corrected chi connectivity index (χ4v) is 3.72. The highest BCUT2D eigenvalue weighted by molar-refractivity contribution is 6.30. The molecule has 0 aliphatic carbocycles. The molecule has 2 heterocycles. The number of fused-ring (bicyclic) bond motifs is 1. The fraction of sp³-hybridized carbons (Fsp3) is 0.333. The molecule has 2 aromatic carbocycles. The van der Waals surface area contributed by atoms with Crippen LogP contribution in [-0.2, 0) is 11.2 Å². The number of imidazole rings is 1. The lowest BCUT2D eigenvalue weighted by molar-refractivity contribution is -0.125. The highest BCUT2D eigenvalue weighted by Crippen LogP contribution is 2.23. The number of amides is 1. The zero-order valence-electron chi connectivity index (χ0n) is 15.1. The Kier molecular flexibility index (Phi) is 5.30. The SMILES string of the molecule is O=C(NCCc1ccc(Cl)cc1)[C@H]1CCCN(c2nc3ccccc3[nH]2)C1. The quantitative estimate of drug-likeness (QED) is 0.705. The molecule has 1 fully saturated rings. The van der Waals surface area contributed by atoms with Crippen molar-refractivity contribution in [3.8, 4) is 0 Å². The molecule has 140 valence electrons. The number of carbonyl (C=O) groups excluding carboxylic acids is 1. The van der Waals surface area contributed by atoms with E-state index in [1.807, 2.05) is 48.5 Å². The third kappa shape index (κ3) is 4.25. The molecule has 0 unspecified atom stereocenters. The largest absolute Gasteiger partial charge is 0.355 e. The van der Waals surface area contributed by atoms with Crippen LogP contribution in [0.3, 0.4) is 0 Å². The van der Waals surface area contributed by atoms with E-state index in [0.29, 0.717) is 13.1 Å². The van der Waals surface area contributed by atoms with Crippen LogP contribution in [0.1, 0.15) is 18.4 Å². The molecular weight excluding hydrogens is 360 g/mol. The Bertz CT molecular complexity index is 888. The number of hydrogen-bond donors (Lipinski definition) is 2. The first-order valence-corrected chi connectivity index (χ1v) is 9.79. The second-order valence-corrected chi connectivity index (χ2v) is 7.47. The van der Waals surface area contributed by atoms with Crippen LogP contribution in [0.2, 0.25) is 5.02 Å². The topological polar surface area (TPSA) is 61.0 Å². The van der Waals surface area contributed by atoms with E-state index in [1.54, 1.807) is 0 Å². The lowest BCUT2D eigenvalue weighted by Crippen LogP contribution is -2.43. The smallest absolute Gasteiger partial charge is 0.224 e. The van der Waals surface area contributed by atoms with Crippen LogP contribution in [0, 0.1) is 5.92 Å². The molecule has 0 saturated carbocycles. The number of aromatic amines is 1. The molecule has 2 N–H and O–H groups in total. The van der Waals surface area contributed by atoms with Crippen LogP contribution in [-0.4, -0.2) is 35.5 Å². The summed E-state index contributed by atoms with van der Waals surface area (Å²) in [4.78, 5) is 22.8. The van der Waals surface area contributed by atoms with E-state index in [0.717, 1.165) is 47.8 Å². The van der Waals surface area contributed by atoms with Gasteiger partial charge < -0.3 is 15.2 Å². The first-order chi connectivity index (χ1) is 13.2. The fourth-order valence-electron chi connectivity index (χ4n) is 3.60. The zero-order valence-corrected chi connectivity index (χ0v) is 15.9. The van der Waals surface area contributed by atoms with Crippen LogP contribution in [0.15, 0.2) is 48.5 Å². The minimum absolute atomic E-state index is 0.00261. The minimum Gasteiger partial charge on any atom is -0.355 e. The van der Waals surface area contributed by atoms with Crippen molar-refractivity contribution in [2.24, 2.45) is 5.92 Å². The number of hydrogen-bond acceptors (Lipinski definition) is 3. The molecule has 1 aromatic heterocycles. The number of para-hydroxylation sites is 2. The highest BCUT2D eigenvalue weighted by Gasteiger charge is 2.27. The highest BCUT2D eigenvalue weighted by atomic mass is 35.5. The van der Waals surface area contributed by atoms with Gasteiger partial charge >= 0.3 is 0 Å². The molecule has 1 saturated heterocycles. The van der Waals surface area contributed by atoms with E-state index in [2.05, 4.69) is 20.2 Å². The Hall–Kier alpha value is -2.53. The van der Waals surface area contributed by atoms with Crippen molar-refractivity contribution >= 4 is 34.5 Å². The van der Waals surface area contributed by atoms with Gasteiger partial charge in [-0.2, -0.15) is 0 Å². The van der Waals surface area contributed by atoms with Gasteiger partial charge in [0.05, 0.1) is 17.0 Å². The van der Waals surface area contributed by atoms with Crippen LogP contribution in [0.5, 0.6) is 0 Å². The number of H-pyrrole nitrogens is 1. The number of carbonyl (C=O) groups is 1. The molecule has 4 rings (SSSR count). The summed E-state index contributed by atoms with van der Waals surface area (Å²) >= 11 is 5.91. The molecule has 0 bridgehead atoms. The van der Waals surface area contributed by atoms with Gasteiger partial charge in [0.1, 0.15) is 0 Å². The number of benzene rings is 2. The first kappa shape index (κ1) is 17.9. The van der Waals surface area contributed by atoms with E-state index < -0.39 is 0 Å². The molecule has 1 atom stereocenters. The average Bonchev–Trinajstić information content (AvgIpc) is 3.14. The first-order valence-electron chi connectivity index (χ1n) is 9.41. The number of anilines is 1. The maximum absolute atomic E-state index is 12.6. The summed E-state index contributed by atoms with van der Waals surface area (Å²) < 4.78 is 0. The molecule has 3 aromatic rings. The maximum Gasteiger partial charge on any atom is 0.224 e. The normalized spacial score (nSPS) is 17.2. The standard InChI is InChI=1S/C21H23ClN4O/c22-17-9-7-15(8-10-17)11-12-23-20(27)16-4-3-13-26(14-16)21-24-18-5-1-2-6-19(18)25-21/h1-2,5-10,16H,3-4,11-14H2,(H,23,27)(H,24,25)/t16-/m0/s1. The Morgan fingerprint density at radius 2 is 2.04 bits per heavy atom. The van der Waals surface area contributed by atoms with Gasteiger partial charge in [-0.3, -0.25) is 4.79 Å². The molecule has 1 amide bonds. The van der Waals surface area contributed by atoms with Gasteiger partial charge in [0.2, 0.25) is 11.9 Å². The van der Waals surface area contributed by atoms with Gasteiger partial charge in [-0.05, 0) is 49.1 Å². The van der Waals surface area contributed by atoms with E-state index in [4.69, 9.17) is 11.6 Å². The zero-order chi connectivity index (χ0) is 18.6. The predicted octanol–water partition coefficient (Wildman–Crippen LogP) is 3.79. The van der Waals surface area contributed by atoms with Gasteiger partial charge in [-0.25, -0.2) is 4.98 Å². The van der Waals surface area contributed by atoms with Crippen molar-refractivity contribution in [3.63, 3.8) is 0 Å². The number of halogens is 1. The van der Waals surface area contributed by atoms with E-state index in [1.165, 1.54) is 5.56 Å². The molecule has 5 nitrogen and oxygen atoms in total. The summed E-state index contributed by atoms with van der Waals surface area (Å²) in [5.41, 5.74) is 3.16. The molecular formula is C21H23ClN4O. The van der Waals surface area contributed by atoms with Gasteiger partial charge in [-0.15, -0.1) is 0 Å². The lowest BCUT2D eigenvalue weighted by Gasteiger charge is -2.31. The van der Waals surface area contributed by atoms with Gasteiger partial charge in [0.25, 0.3) is 0 Å². The van der Waals surface area contributed by atoms with E-state index in [-0.39, 0.29) is 11.8 Å². The van der Waals surface area contributed by atoms with Crippen molar-refractivity contribution in [1.82, 2.24) is 15.3 Å². The summed E-state index contributed by atoms with van der Waals surface area (Å²) in [6.45, 7) is 2.27. The maximum atomic E-state index is 12.6. The second-order valence-electron chi connectivity index (χ2n) is 7.03. The summed E-state index contributed by atoms with van der Waals surface area (Å²) in [6.07, 6.45) is 2.72. The predicted molar refractivity (Wildman–Crippen MR) is 109 cm³/mol. The Labute approximate surface area is 163 Å². The monoisotopic (exact) mass is 382 g/mol. The molecule has 1 aliphatic heterocycles. The van der Waals surface area contributed by atoms with Crippen LogP contribution < -0.4 is 10.2 Å². The van der Waals surface area contributed by atoms with Crippen molar-refractivity contribution in [1.29, 1.82) is 0 Å².